The maximum absolute atomic E-state index is 13.5. The van der Waals surface area contributed by atoms with Crippen LogP contribution in [0.4, 0.5) is 24.5 Å². The van der Waals surface area contributed by atoms with Crippen LogP contribution in [-0.2, 0) is 12.7 Å². The topological polar surface area (TPSA) is 55.2 Å². The Balaban J connectivity index is 1.68. The summed E-state index contributed by atoms with van der Waals surface area (Å²) in [6.45, 7) is 7.03. The lowest BCUT2D eigenvalue weighted by molar-refractivity contribution is -0.137. The average Bonchev–Trinajstić information content (AvgIpc) is 2.81. The zero-order valence-corrected chi connectivity index (χ0v) is 17.8. The predicted octanol–water partition coefficient (Wildman–Crippen LogP) is 4.88. The van der Waals surface area contributed by atoms with E-state index in [2.05, 4.69) is 33.1 Å². The minimum Gasteiger partial charge on any atom is -0.380 e. The van der Waals surface area contributed by atoms with Gasteiger partial charge in [-0.15, -0.1) is 0 Å². The van der Waals surface area contributed by atoms with Crippen molar-refractivity contribution in [2.45, 2.75) is 19.6 Å². The molecule has 1 N–H and O–H groups in total. The van der Waals surface area contributed by atoms with Crippen molar-refractivity contribution in [1.29, 1.82) is 5.26 Å². The Morgan fingerprint density at radius 2 is 1.88 bits per heavy atom. The number of hydrogen-bond donors (Lipinski definition) is 1. The van der Waals surface area contributed by atoms with Gasteiger partial charge in [-0.05, 0) is 42.4 Å². The first kappa shape index (κ1) is 21.9. The summed E-state index contributed by atoms with van der Waals surface area (Å²) in [5.74, 6) is 0. The number of piperazine rings is 1. The molecule has 4 rings (SSSR count). The SMILES string of the molecule is CCN1CCN(c2cnc3cc(C(F)(F)F)cc(NCc4cccc(C#N)c4)c3c2)CC1. The van der Waals surface area contributed by atoms with Gasteiger partial charge >= 0.3 is 6.18 Å². The molecule has 0 unspecified atom stereocenters. The number of alkyl halides is 3. The number of nitrogens with zero attached hydrogens (tertiary/aromatic N) is 4. The third kappa shape index (κ3) is 4.78. The maximum Gasteiger partial charge on any atom is 0.416 e. The first-order chi connectivity index (χ1) is 15.4. The third-order valence-electron chi connectivity index (χ3n) is 5.84. The second-order valence-electron chi connectivity index (χ2n) is 7.87. The second-order valence-corrected chi connectivity index (χ2v) is 7.87. The first-order valence-electron chi connectivity index (χ1n) is 10.6. The molecule has 2 heterocycles. The molecular weight excluding hydrogens is 415 g/mol. The van der Waals surface area contributed by atoms with Gasteiger partial charge in [-0.3, -0.25) is 4.98 Å². The molecule has 2 aromatic carbocycles. The van der Waals surface area contributed by atoms with E-state index in [9.17, 15) is 13.2 Å². The highest BCUT2D eigenvalue weighted by atomic mass is 19.4. The lowest BCUT2D eigenvalue weighted by Gasteiger charge is -2.35. The molecule has 0 bridgehead atoms. The number of rotatable bonds is 5. The molecule has 0 spiro atoms. The molecule has 0 aliphatic carbocycles. The number of hydrogen-bond acceptors (Lipinski definition) is 5. The fraction of sp³-hybridized carbons (Fsp3) is 0.333. The van der Waals surface area contributed by atoms with E-state index < -0.39 is 11.7 Å². The van der Waals surface area contributed by atoms with Crippen LogP contribution in [0.25, 0.3) is 10.9 Å². The van der Waals surface area contributed by atoms with Gasteiger partial charge < -0.3 is 15.1 Å². The molecule has 5 nitrogen and oxygen atoms in total. The summed E-state index contributed by atoms with van der Waals surface area (Å²) in [5, 5.41) is 12.9. The standard InChI is InChI=1S/C24H24F3N5/c1-2-31-6-8-32(9-7-31)20-13-21-22(29-15-18-5-3-4-17(10-18)14-28)11-19(24(25,26)27)12-23(21)30-16-20/h3-5,10-13,16,29H,2,6-9,15H2,1H3. The van der Waals surface area contributed by atoms with Crippen molar-refractivity contribution in [3.05, 3.63) is 65.4 Å². The molecule has 1 aliphatic heterocycles. The summed E-state index contributed by atoms with van der Waals surface area (Å²) in [6.07, 6.45) is -2.81. The summed E-state index contributed by atoms with van der Waals surface area (Å²) in [4.78, 5) is 8.96. The van der Waals surface area contributed by atoms with E-state index >= 15 is 0 Å². The van der Waals surface area contributed by atoms with E-state index in [0.717, 1.165) is 56.1 Å². The molecule has 1 fully saturated rings. The molecule has 1 aromatic heterocycles. The summed E-state index contributed by atoms with van der Waals surface area (Å²) < 4.78 is 40.5. The van der Waals surface area contributed by atoms with Crippen LogP contribution in [0.5, 0.6) is 0 Å². The molecule has 8 heteroatoms. The second kappa shape index (κ2) is 9.05. The third-order valence-corrected chi connectivity index (χ3v) is 5.84. The minimum atomic E-state index is -4.47. The van der Waals surface area contributed by atoms with Crippen molar-refractivity contribution in [1.82, 2.24) is 9.88 Å². The van der Waals surface area contributed by atoms with E-state index in [1.807, 2.05) is 12.1 Å². The Morgan fingerprint density at radius 1 is 1.09 bits per heavy atom. The van der Waals surface area contributed by atoms with E-state index in [0.29, 0.717) is 28.7 Å². The fourth-order valence-corrected chi connectivity index (χ4v) is 3.97. The van der Waals surface area contributed by atoms with Gasteiger partial charge in [0.15, 0.2) is 0 Å². The zero-order valence-electron chi connectivity index (χ0n) is 17.8. The number of fused-ring (bicyclic) bond motifs is 1. The van der Waals surface area contributed by atoms with Crippen molar-refractivity contribution in [3.63, 3.8) is 0 Å². The number of aromatic nitrogens is 1. The number of nitriles is 1. The molecule has 32 heavy (non-hydrogen) atoms. The number of benzene rings is 2. The normalized spacial score (nSPS) is 15.0. The van der Waals surface area contributed by atoms with Gasteiger partial charge in [0.25, 0.3) is 0 Å². The van der Waals surface area contributed by atoms with Crippen LogP contribution in [0.3, 0.4) is 0 Å². The predicted molar refractivity (Wildman–Crippen MR) is 120 cm³/mol. The number of likely N-dealkylation sites (N-methyl/N-ethyl adjacent to an activating group) is 1. The lowest BCUT2D eigenvalue weighted by Crippen LogP contribution is -2.46. The Kier molecular flexibility index (Phi) is 6.19. The van der Waals surface area contributed by atoms with E-state index in [1.54, 1.807) is 24.4 Å². The van der Waals surface area contributed by atoms with Gasteiger partial charge in [0.2, 0.25) is 0 Å². The number of pyridine rings is 1. The zero-order chi connectivity index (χ0) is 22.7. The van der Waals surface area contributed by atoms with Crippen molar-refractivity contribution >= 4 is 22.3 Å². The average molecular weight is 439 g/mol. The van der Waals surface area contributed by atoms with E-state index in [-0.39, 0.29) is 0 Å². The Hall–Kier alpha value is -3.31. The Bertz CT molecular complexity index is 1140. The minimum absolute atomic E-state index is 0.295. The van der Waals surface area contributed by atoms with E-state index in [1.165, 1.54) is 0 Å². The summed E-state index contributed by atoms with van der Waals surface area (Å²) in [6, 6.07) is 13.2. The van der Waals surface area contributed by atoms with Crippen molar-refractivity contribution in [2.24, 2.45) is 0 Å². The number of nitrogens with one attached hydrogen (secondary N) is 1. The molecule has 1 aliphatic rings. The Morgan fingerprint density at radius 3 is 2.56 bits per heavy atom. The molecule has 0 radical (unpaired) electrons. The van der Waals surface area contributed by atoms with Gasteiger partial charge in [-0.2, -0.15) is 18.4 Å². The van der Waals surface area contributed by atoms with Crippen molar-refractivity contribution in [2.75, 3.05) is 42.9 Å². The van der Waals surface area contributed by atoms with Crippen LogP contribution in [0.1, 0.15) is 23.6 Å². The van der Waals surface area contributed by atoms with Crippen LogP contribution in [-0.4, -0.2) is 42.6 Å². The summed E-state index contributed by atoms with van der Waals surface area (Å²) >= 11 is 0. The largest absolute Gasteiger partial charge is 0.416 e. The van der Waals surface area contributed by atoms with E-state index in [4.69, 9.17) is 5.26 Å². The summed E-state index contributed by atoms with van der Waals surface area (Å²) in [5.41, 5.74) is 2.16. The molecule has 0 atom stereocenters. The van der Waals surface area contributed by atoms with Crippen molar-refractivity contribution in [3.8, 4) is 6.07 Å². The van der Waals surface area contributed by atoms with Crippen LogP contribution in [0.15, 0.2) is 48.7 Å². The van der Waals surface area contributed by atoms with Crippen LogP contribution < -0.4 is 10.2 Å². The smallest absolute Gasteiger partial charge is 0.380 e. The maximum atomic E-state index is 13.5. The quantitative estimate of drug-likeness (QED) is 0.614. The molecule has 0 amide bonds. The van der Waals surface area contributed by atoms with Gasteiger partial charge in [-0.1, -0.05) is 19.1 Å². The first-order valence-corrected chi connectivity index (χ1v) is 10.6. The number of halogens is 3. The Labute approximate surface area is 185 Å². The van der Waals surface area contributed by atoms with Crippen LogP contribution in [0.2, 0.25) is 0 Å². The fourth-order valence-electron chi connectivity index (χ4n) is 3.97. The van der Waals surface area contributed by atoms with Gasteiger partial charge in [-0.25, -0.2) is 0 Å². The number of anilines is 2. The van der Waals surface area contributed by atoms with Crippen LogP contribution in [0, 0.1) is 11.3 Å². The molecule has 3 aromatic rings. The molecule has 166 valence electrons. The van der Waals surface area contributed by atoms with Gasteiger partial charge in [0.1, 0.15) is 0 Å². The van der Waals surface area contributed by atoms with Gasteiger partial charge in [0.05, 0.1) is 34.6 Å². The van der Waals surface area contributed by atoms with Gasteiger partial charge in [0, 0.05) is 43.8 Å². The highest BCUT2D eigenvalue weighted by Crippen LogP contribution is 2.36. The molecule has 1 saturated heterocycles. The van der Waals surface area contributed by atoms with Crippen molar-refractivity contribution < 1.29 is 13.2 Å². The summed E-state index contributed by atoms with van der Waals surface area (Å²) in [7, 11) is 0. The molecular formula is C24H24F3N5. The highest BCUT2D eigenvalue weighted by molar-refractivity contribution is 5.94. The highest BCUT2D eigenvalue weighted by Gasteiger charge is 2.31. The molecule has 0 saturated carbocycles. The lowest BCUT2D eigenvalue weighted by atomic mass is 10.1. The monoisotopic (exact) mass is 439 g/mol. The van der Waals surface area contributed by atoms with Crippen LogP contribution >= 0.6 is 0 Å².